The molecule has 0 fully saturated rings. The van der Waals surface area contributed by atoms with Crippen molar-refractivity contribution in [2.45, 2.75) is 13.0 Å². The number of hydrogen-bond donors (Lipinski definition) is 2. The number of amides is 1. The molecule has 4 aromatic rings. The smallest absolute Gasteiger partial charge is 0.252 e. The Kier molecular flexibility index (Phi) is 4.01. The van der Waals surface area contributed by atoms with Crippen molar-refractivity contribution in [3.8, 4) is 0 Å². The van der Waals surface area contributed by atoms with Gasteiger partial charge in [0.25, 0.3) is 5.91 Å². The van der Waals surface area contributed by atoms with Crippen LogP contribution in [0.3, 0.4) is 0 Å². The second-order valence-electron chi connectivity index (χ2n) is 6.35. The molecule has 6 nitrogen and oxygen atoms in total. The molecule has 6 heteroatoms. The van der Waals surface area contributed by atoms with Crippen molar-refractivity contribution < 1.29 is 4.79 Å². The Morgan fingerprint density at radius 1 is 1.15 bits per heavy atom. The van der Waals surface area contributed by atoms with Crippen molar-refractivity contribution in [3.05, 3.63) is 83.7 Å². The van der Waals surface area contributed by atoms with E-state index >= 15 is 0 Å². The van der Waals surface area contributed by atoms with Crippen LogP contribution < -0.4 is 5.32 Å². The van der Waals surface area contributed by atoms with Crippen LogP contribution >= 0.6 is 0 Å². The van der Waals surface area contributed by atoms with Crippen molar-refractivity contribution >= 4 is 16.9 Å². The summed E-state index contributed by atoms with van der Waals surface area (Å²) in [5.74, 6) is 0.625. The predicted octanol–water partition coefficient (Wildman–Crippen LogP) is 3.12. The summed E-state index contributed by atoms with van der Waals surface area (Å²) in [5, 5.41) is 3.11. The fourth-order valence-electron chi connectivity index (χ4n) is 3.00. The number of aromatic nitrogens is 4. The van der Waals surface area contributed by atoms with E-state index in [4.69, 9.17) is 0 Å². The van der Waals surface area contributed by atoms with Crippen LogP contribution in [0.1, 0.15) is 33.4 Å². The summed E-state index contributed by atoms with van der Waals surface area (Å²) in [4.78, 5) is 24.5. The number of aryl methyl sites for hydroxylation is 2. The Balaban J connectivity index is 1.68. The van der Waals surface area contributed by atoms with Gasteiger partial charge in [-0.05, 0) is 30.7 Å². The molecule has 26 heavy (non-hydrogen) atoms. The zero-order chi connectivity index (χ0) is 18.1. The van der Waals surface area contributed by atoms with Gasteiger partial charge in [-0.2, -0.15) is 0 Å². The number of carbonyl (C=O) groups excluding carboxylic acids is 1. The van der Waals surface area contributed by atoms with Crippen LogP contribution in [0.4, 0.5) is 0 Å². The predicted molar refractivity (Wildman–Crippen MR) is 99.8 cm³/mol. The van der Waals surface area contributed by atoms with Crippen LogP contribution in [0.25, 0.3) is 11.0 Å². The largest absolute Gasteiger partial charge is 0.345 e. The van der Waals surface area contributed by atoms with Crippen LogP contribution in [0, 0.1) is 6.92 Å². The highest BCUT2D eigenvalue weighted by Gasteiger charge is 2.21. The average Bonchev–Trinajstić information content (AvgIpc) is 3.28. The maximum absolute atomic E-state index is 12.9. The molecule has 0 radical (unpaired) electrons. The highest BCUT2D eigenvalue weighted by Crippen LogP contribution is 2.22. The van der Waals surface area contributed by atoms with Gasteiger partial charge in [0.2, 0.25) is 0 Å². The number of aromatic amines is 1. The third kappa shape index (κ3) is 2.97. The summed E-state index contributed by atoms with van der Waals surface area (Å²) in [5.41, 5.74) is 4.40. The number of imidazole rings is 2. The lowest BCUT2D eigenvalue weighted by Crippen LogP contribution is -2.31. The van der Waals surface area contributed by atoms with Gasteiger partial charge in [0, 0.05) is 25.0 Å². The van der Waals surface area contributed by atoms with Gasteiger partial charge in [-0.3, -0.25) is 4.79 Å². The van der Waals surface area contributed by atoms with Crippen molar-refractivity contribution in [2.75, 3.05) is 0 Å². The molecule has 130 valence electrons. The SMILES string of the molecule is Cc1ccc(C(NC(=O)c2ccc3nc[nH]c3c2)c2nccn2C)cc1. The first kappa shape index (κ1) is 16.1. The van der Waals surface area contributed by atoms with Crippen LogP contribution in [-0.2, 0) is 7.05 Å². The molecule has 4 rings (SSSR count). The number of nitrogens with one attached hydrogen (secondary N) is 2. The van der Waals surface area contributed by atoms with Gasteiger partial charge in [-0.1, -0.05) is 29.8 Å². The molecule has 0 aliphatic heterocycles. The van der Waals surface area contributed by atoms with Crippen molar-refractivity contribution in [1.29, 1.82) is 0 Å². The number of fused-ring (bicyclic) bond motifs is 1. The number of rotatable bonds is 4. The minimum Gasteiger partial charge on any atom is -0.345 e. The lowest BCUT2D eigenvalue weighted by atomic mass is 10.0. The molecule has 1 atom stereocenters. The van der Waals surface area contributed by atoms with Crippen molar-refractivity contribution in [1.82, 2.24) is 24.8 Å². The maximum Gasteiger partial charge on any atom is 0.252 e. The van der Waals surface area contributed by atoms with Gasteiger partial charge in [-0.15, -0.1) is 0 Å². The zero-order valence-corrected chi connectivity index (χ0v) is 14.6. The number of hydrogen-bond acceptors (Lipinski definition) is 3. The van der Waals surface area contributed by atoms with Crippen LogP contribution in [0.2, 0.25) is 0 Å². The fraction of sp³-hybridized carbons (Fsp3) is 0.150. The lowest BCUT2D eigenvalue weighted by Gasteiger charge is -2.19. The van der Waals surface area contributed by atoms with E-state index in [9.17, 15) is 4.79 Å². The highest BCUT2D eigenvalue weighted by atomic mass is 16.1. The second kappa shape index (κ2) is 6.48. The van der Waals surface area contributed by atoms with Crippen LogP contribution in [0.15, 0.2) is 61.2 Å². The van der Waals surface area contributed by atoms with Gasteiger partial charge in [0.1, 0.15) is 11.9 Å². The van der Waals surface area contributed by atoms with E-state index in [1.807, 2.05) is 61.1 Å². The summed E-state index contributed by atoms with van der Waals surface area (Å²) < 4.78 is 1.92. The van der Waals surface area contributed by atoms with Gasteiger partial charge < -0.3 is 14.9 Å². The number of carbonyl (C=O) groups is 1. The molecule has 1 unspecified atom stereocenters. The van der Waals surface area contributed by atoms with Gasteiger partial charge in [0.05, 0.1) is 17.4 Å². The van der Waals surface area contributed by atoms with E-state index in [-0.39, 0.29) is 11.9 Å². The third-order valence-electron chi connectivity index (χ3n) is 4.49. The standard InChI is InChI=1S/C20H19N5O/c1-13-3-5-14(6-4-13)18(19-21-9-10-25(19)2)24-20(26)15-7-8-16-17(11-15)23-12-22-16/h3-12,18H,1-2H3,(H,22,23)(H,24,26). The molecule has 0 aliphatic carbocycles. The Bertz CT molecular complexity index is 1060. The first-order chi connectivity index (χ1) is 12.6. The van der Waals surface area contributed by atoms with E-state index in [1.165, 1.54) is 5.56 Å². The summed E-state index contributed by atoms with van der Waals surface area (Å²) in [6.07, 6.45) is 5.23. The topological polar surface area (TPSA) is 75.6 Å². The van der Waals surface area contributed by atoms with E-state index in [0.29, 0.717) is 5.56 Å². The summed E-state index contributed by atoms with van der Waals surface area (Å²) in [7, 11) is 1.92. The number of nitrogens with zero attached hydrogens (tertiary/aromatic N) is 3. The van der Waals surface area contributed by atoms with Crippen LogP contribution in [0.5, 0.6) is 0 Å². The molecule has 0 aliphatic rings. The Hall–Kier alpha value is -3.41. The molecule has 0 bridgehead atoms. The van der Waals surface area contributed by atoms with Gasteiger partial charge >= 0.3 is 0 Å². The van der Waals surface area contributed by atoms with E-state index in [1.54, 1.807) is 18.6 Å². The molecular weight excluding hydrogens is 326 g/mol. The molecule has 2 N–H and O–H groups in total. The van der Waals surface area contributed by atoms with Crippen molar-refractivity contribution in [3.63, 3.8) is 0 Å². The molecule has 0 saturated carbocycles. The van der Waals surface area contributed by atoms with Gasteiger partial charge in [-0.25, -0.2) is 9.97 Å². The maximum atomic E-state index is 12.9. The average molecular weight is 345 g/mol. The van der Waals surface area contributed by atoms with E-state index in [0.717, 1.165) is 22.4 Å². The van der Waals surface area contributed by atoms with Crippen LogP contribution in [-0.4, -0.2) is 25.4 Å². The molecule has 2 aromatic heterocycles. The molecule has 0 saturated heterocycles. The normalized spacial score (nSPS) is 12.2. The first-order valence-corrected chi connectivity index (χ1v) is 8.39. The molecule has 2 heterocycles. The first-order valence-electron chi connectivity index (χ1n) is 8.39. The molecule has 1 amide bonds. The van der Waals surface area contributed by atoms with E-state index in [2.05, 4.69) is 20.3 Å². The Morgan fingerprint density at radius 3 is 2.69 bits per heavy atom. The Morgan fingerprint density at radius 2 is 1.96 bits per heavy atom. The Labute approximate surface area is 150 Å². The summed E-state index contributed by atoms with van der Waals surface area (Å²) in [6, 6.07) is 13.2. The molecule has 2 aromatic carbocycles. The zero-order valence-electron chi connectivity index (χ0n) is 14.6. The fourth-order valence-corrected chi connectivity index (χ4v) is 3.00. The number of benzene rings is 2. The van der Waals surface area contributed by atoms with Crippen molar-refractivity contribution in [2.24, 2.45) is 7.05 Å². The second-order valence-corrected chi connectivity index (χ2v) is 6.35. The highest BCUT2D eigenvalue weighted by molar-refractivity contribution is 5.97. The third-order valence-corrected chi connectivity index (χ3v) is 4.49. The summed E-state index contributed by atoms with van der Waals surface area (Å²) >= 11 is 0. The molecule has 0 spiro atoms. The molecular formula is C20H19N5O. The minimum atomic E-state index is -0.333. The monoisotopic (exact) mass is 345 g/mol. The summed E-state index contributed by atoms with van der Waals surface area (Å²) in [6.45, 7) is 2.04. The number of H-pyrrole nitrogens is 1. The van der Waals surface area contributed by atoms with Gasteiger partial charge in [0.15, 0.2) is 0 Å². The minimum absolute atomic E-state index is 0.157. The lowest BCUT2D eigenvalue weighted by molar-refractivity contribution is 0.0941. The quantitative estimate of drug-likeness (QED) is 0.597. The van der Waals surface area contributed by atoms with E-state index < -0.39 is 0 Å².